The zero-order valence-corrected chi connectivity index (χ0v) is 17.8. The third kappa shape index (κ3) is 5.18. The van der Waals surface area contributed by atoms with E-state index < -0.39 is 5.97 Å². The Morgan fingerprint density at radius 1 is 1.07 bits per heavy atom. The Hall–Kier alpha value is -3.32. The Bertz CT molecular complexity index is 1090. The van der Waals surface area contributed by atoms with Crippen molar-refractivity contribution in [2.75, 3.05) is 14.2 Å². The molecule has 1 N–H and O–H groups in total. The summed E-state index contributed by atoms with van der Waals surface area (Å²) in [6.45, 7) is 3.11. The number of carboxylic acid groups (broad SMARTS) is 1. The number of methoxy groups -OCH3 is 2. The molecule has 0 amide bonds. The van der Waals surface area contributed by atoms with Crippen LogP contribution in [0.4, 0.5) is 0 Å². The fourth-order valence-electron chi connectivity index (χ4n) is 2.95. The lowest BCUT2D eigenvalue weighted by Crippen LogP contribution is -2.14. The summed E-state index contributed by atoms with van der Waals surface area (Å²) in [4.78, 5) is 33.8. The molecule has 158 valence electrons. The molecule has 30 heavy (non-hydrogen) atoms. The molecule has 8 heteroatoms. The standard InChI is InChI=1S/C19H16ClNO4.C3H6O2/c1-11-15(10-18(22)23)16-9-14(25-2)7-8-17(16)21(11)19(24)12-3-5-13(20)6-4-12;1-3(4)5-2/h3-9H,10H2,1-2H3,(H,22,23);1-2H3. The fourth-order valence-corrected chi connectivity index (χ4v) is 3.07. The van der Waals surface area contributed by atoms with E-state index in [2.05, 4.69) is 4.74 Å². The predicted octanol–water partition coefficient (Wildman–Crippen LogP) is 4.11. The van der Waals surface area contributed by atoms with Crippen molar-refractivity contribution in [1.29, 1.82) is 0 Å². The van der Waals surface area contributed by atoms with Crippen molar-refractivity contribution in [1.82, 2.24) is 4.57 Å². The molecule has 0 aliphatic rings. The van der Waals surface area contributed by atoms with Gasteiger partial charge in [-0.1, -0.05) is 11.6 Å². The highest BCUT2D eigenvalue weighted by atomic mass is 35.5. The molecule has 2 aromatic carbocycles. The van der Waals surface area contributed by atoms with E-state index in [9.17, 15) is 19.5 Å². The first-order valence-electron chi connectivity index (χ1n) is 8.94. The number of rotatable bonds is 4. The Morgan fingerprint density at radius 3 is 2.17 bits per heavy atom. The van der Waals surface area contributed by atoms with Gasteiger partial charge in [-0.2, -0.15) is 0 Å². The maximum absolute atomic E-state index is 13.0. The normalized spacial score (nSPS) is 10.2. The number of hydrogen-bond donors (Lipinski definition) is 1. The van der Waals surface area contributed by atoms with Crippen LogP contribution in [0.5, 0.6) is 5.75 Å². The maximum atomic E-state index is 13.0. The molecule has 0 bridgehead atoms. The molecular formula is C22H22ClNO6. The molecule has 3 aromatic rings. The van der Waals surface area contributed by atoms with E-state index in [0.29, 0.717) is 38.5 Å². The zero-order valence-electron chi connectivity index (χ0n) is 17.1. The molecule has 0 saturated carbocycles. The number of aliphatic carboxylic acids is 1. The van der Waals surface area contributed by atoms with Gasteiger partial charge in [0, 0.05) is 28.6 Å². The van der Waals surface area contributed by atoms with Gasteiger partial charge >= 0.3 is 11.9 Å². The van der Waals surface area contributed by atoms with E-state index in [-0.39, 0.29) is 18.3 Å². The van der Waals surface area contributed by atoms with E-state index in [0.717, 1.165) is 0 Å². The van der Waals surface area contributed by atoms with E-state index >= 15 is 0 Å². The molecule has 0 spiro atoms. The number of halogens is 1. The molecule has 7 nitrogen and oxygen atoms in total. The number of nitrogens with zero attached hydrogens (tertiary/aromatic N) is 1. The maximum Gasteiger partial charge on any atom is 0.307 e. The van der Waals surface area contributed by atoms with Crippen LogP contribution < -0.4 is 4.74 Å². The summed E-state index contributed by atoms with van der Waals surface area (Å²) in [7, 11) is 2.89. The molecule has 1 aromatic heterocycles. The van der Waals surface area contributed by atoms with Crippen LogP contribution in [0.25, 0.3) is 10.9 Å². The third-order valence-corrected chi connectivity index (χ3v) is 4.70. The van der Waals surface area contributed by atoms with E-state index in [1.54, 1.807) is 56.5 Å². The highest BCUT2D eigenvalue weighted by Gasteiger charge is 2.21. The van der Waals surface area contributed by atoms with Crippen molar-refractivity contribution in [2.24, 2.45) is 0 Å². The monoisotopic (exact) mass is 431 g/mol. The second kappa shape index (κ2) is 9.93. The number of ether oxygens (including phenoxy) is 2. The fraction of sp³-hybridized carbons (Fsp3) is 0.227. The number of fused-ring (bicyclic) bond motifs is 1. The molecular weight excluding hydrogens is 410 g/mol. The summed E-state index contributed by atoms with van der Waals surface area (Å²) < 4.78 is 10.9. The molecule has 0 aliphatic heterocycles. The Balaban J connectivity index is 0.000000575. The Labute approximate surface area is 178 Å². The minimum absolute atomic E-state index is 0.170. The number of carboxylic acids is 1. The van der Waals surface area contributed by atoms with Gasteiger partial charge in [0.1, 0.15) is 5.75 Å². The van der Waals surface area contributed by atoms with Gasteiger partial charge in [-0.25, -0.2) is 0 Å². The number of aromatic nitrogens is 1. The van der Waals surface area contributed by atoms with Gasteiger partial charge in [0.15, 0.2) is 0 Å². The van der Waals surface area contributed by atoms with Gasteiger partial charge in [0.25, 0.3) is 5.91 Å². The van der Waals surface area contributed by atoms with Crippen LogP contribution in [-0.4, -0.2) is 41.7 Å². The molecule has 0 atom stereocenters. The van der Waals surface area contributed by atoms with Crippen LogP contribution >= 0.6 is 11.6 Å². The van der Waals surface area contributed by atoms with Crippen LogP contribution in [0.3, 0.4) is 0 Å². The van der Waals surface area contributed by atoms with Gasteiger partial charge in [-0.05, 0) is 55.0 Å². The summed E-state index contributed by atoms with van der Waals surface area (Å²) in [5, 5.41) is 10.5. The molecule has 3 rings (SSSR count). The SMILES string of the molecule is COC(C)=O.COc1ccc2c(c1)c(CC(=O)O)c(C)n2C(=O)c1ccc(Cl)cc1. The second-order valence-corrected chi connectivity index (χ2v) is 6.80. The summed E-state index contributed by atoms with van der Waals surface area (Å²) >= 11 is 5.89. The number of carbonyl (C=O) groups excluding carboxylic acids is 2. The average Bonchev–Trinajstić information content (AvgIpc) is 2.98. The smallest absolute Gasteiger partial charge is 0.307 e. The van der Waals surface area contributed by atoms with Crippen LogP contribution in [0.15, 0.2) is 42.5 Å². The number of benzene rings is 2. The van der Waals surface area contributed by atoms with E-state index in [4.69, 9.17) is 16.3 Å². The lowest BCUT2D eigenvalue weighted by atomic mass is 10.1. The van der Waals surface area contributed by atoms with Crippen LogP contribution in [-0.2, 0) is 20.7 Å². The first-order valence-corrected chi connectivity index (χ1v) is 9.31. The van der Waals surface area contributed by atoms with Crippen molar-refractivity contribution in [3.05, 3.63) is 64.3 Å². The van der Waals surface area contributed by atoms with E-state index in [1.165, 1.54) is 18.6 Å². The van der Waals surface area contributed by atoms with Crippen molar-refractivity contribution >= 4 is 40.3 Å². The van der Waals surface area contributed by atoms with Gasteiger partial charge < -0.3 is 14.6 Å². The predicted molar refractivity (Wildman–Crippen MR) is 113 cm³/mol. The number of carbonyl (C=O) groups is 3. The van der Waals surface area contributed by atoms with Crippen molar-refractivity contribution in [3.63, 3.8) is 0 Å². The number of esters is 1. The van der Waals surface area contributed by atoms with Crippen LogP contribution in [0.1, 0.15) is 28.5 Å². The average molecular weight is 432 g/mol. The summed E-state index contributed by atoms with van der Waals surface area (Å²) in [6, 6.07) is 11.9. The number of hydrogen-bond acceptors (Lipinski definition) is 5. The molecule has 0 saturated heterocycles. The summed E-state index contributed by atoms with van der Waals surface area (Å²) in [5.41, 5.74) is 2.32. The minimum Gasteiger partial charge on any atom is -0.497 e. The first-order chi connectivity index (χ1) is 14.2. The molecule has 0 unspecified atom stereocenters. The first kappa shape index (κ1) is 23.0. The van der Waals surface area contributed by atoms with Crippen LogP contribution in [0.2, 0.25) is 5.02 Å². The Kier molecular flexibility index (Phi) is 7.60. The summed E-state index contributed by atoms with van der Waals surface area (Å²) in [6.07, 6.45) is -0.170. The van der Waals surface area contributed by atoms with Gasteiger partial charge in [0.2, 0.25) is 0 Å². The van der Waals surface area contributed by atoms with Gasteiger partial charge in [-0.15, -0.1) is 0 Å². The largest absolute Gasteiger partial charge is 0.497 e. The van der Waals surface area contributed by atoms with Crippen molar-refractivity contribution < 1.29 is 29.0 Å². The zero-order chi connectivity index (χ0) is 22.4. The topological polar surface area (TPSA) is 94.8 Å². The highest BCUT2D eigenvalue weighted by Crippen LogP contribution is 2.30. The minimum atomic E-state index is -0.955. The second-order valence-electron chi connectivity index (χ2n) is 6.36. The lowest BCUT2D eigenvalue weighted by molar-refractivity contribution is -0.138. The highest BCUT2D eigenvalue weighted by molar-refractivity contribution is 6.30. The molecule has 0 radical (unpaired) electrons. The molecule has 1 heterocycles. The van der Waals surface area contributed by atoms with Crippen molar-refractivity contribution in [3.8, 4) is 5.75 Å². The molecule has 0 aliphatic carbocycles. The summed E-state index contributed by atoms with van der Waals surface area (Å²) in [5.74, 6) is -0.829. The van der Waals surface area contributed by atoms with E-state index in [1.807, 2.05) is 0 Å². The van der Waals surface area contributed by atoms with Crippen LogP contribution in [0, 0.1) is 6.92 Å². The lowest BCUT2D eigenvalue weighted by Gasteiger charge is -2.08. The van der Waals surface area contributed by atoms with Crippen molar-refractivity contribution in [2.45, 2.75) is 20.3 Å². The van der Waals surface area contributed by atoms with Gasteiger partial charge in [-0.3, -0.25) is 19.0 Å². The third-order valence-electron chi connectivity index (χ3n) is 4.45. The van der Waals surface area contributed by atoms with Gasteiger partial charge in [0.05, 0.1) is 26.2 Å². The Morgan fingerprint density at radius 2 is 1.67 bits per heavy atom. The quantitative estimate of drug-likeness (QED) is 0.625. The molecule has 0 fully saturated rings.